The molecule has 20 heavy (non-hydrogen) atoms. The molecular weight excluding hydrogens is 254 g/mol. The molecule has 1 aliphatic rings. The van der Waals surface area contributed by atoms with Crippen molar-refractivity contribution in [2.75, 3.05) is 13.2 Å². The zero-order valence-electron chi connectivity index (χ0n) is 12.0. The van der Waals surface area contributed by atoms with Crippen molar-refractivity contribution >= 4 is 5.97 Å². The molecule has 0 radical (unpaired) electrons. The van der Waals surface area contributed by atoms with Crippen LogP contribution in [-0.4, -0.2) is 35.2 Å². The average Bonchev–Trinajstić information content (AvgIpc) is 2.85. The van der Waals surface area contributed by atoms with Gasteiger partial charge >= 0.3 is 5.97 Å². The number of likely N-dealkylation sites (tertiary alicyclic amines) is 1. The highest BCUT2D eigenvalue weighted by Crippen LogP contribution is 2.24. The number of benzene rings is 1. The summed E-state index contributed by atoms with van der Waals surface area (Å²) < 4.78 is 5.03. The lowest BCUT2D eigenvalue weighted by molar-refractivity contribution is -0.131. The Kier molecular flexibility index (Phi) is 5.56. The molecule has 1 unspecified atom stereocenters. The van der Waals surface area contributed by atoms with Crippen LogP contribution in [0.4, 0.5) is 0 Å². The molecular formula is C16H23NO3. The molecule has 1 atom stereocenters. The topological polar surface area (TPSA) is 49.8 Å². The lowest BCUT2D eigenvalue weighted by Crippen LogP contribution is -2.29. The second-order valence-corrected chi connectivity index (χ2v) is 5.37. The van der Waals surface area contributed by atoms with E-state index < -0.39 is 0 Å². The Bertz CT molecular complexity index is 430. The van der Waals surface area contributed by atoms with Crippen molar-refractivity contribution < 1.29 is 14.6 Å². The zero-order valence-corrected chi connectivity index (χ0v) is 12.0. The number of aliphatic hydroxyl groups is 1. The summed E-state index contributed by atoms with van der Waals surface area (Å²) in [5, 5.41) is 8.95. The van der Waals surface area contributed by atoms with Crippen LogP contribution >= 0.6 is 0 Å². The van der Waals surface area contributed by atoms with Gasteiger partial charge in [-0.3, -0.25) is 9.69 Å². The third-order valence-corrected chi connectivity index (χ3v) is 3.77. The van der Waals surface area contributed by atoms with Crippen LogP contribution in [0.2, 0.25) is 0 Å². The fourth-order valence-corrected chi connectivity index (χ4v) is 2.82. The molecule has 1 saturated heterocycles. The van der Waals surface area contributed by atoms with Gasteiger partial charge in [-0.1, -0.05) is 12.1 Å². The van der Waals surface area contributed by atoms with Crippen molar-refractivity contribution in [1.29, 1.82) is 0 Å². The van der Waals surface area contributed by atoms with E-state index in [9.17, 15) is 4.79 Å². The van der Waals surface area contributed by atoms with Gasteiger partial charge in [-0.05, 0) is 49.9 Å². The molecule has 0 spiro atoms. The Hall–Kier alpha value is -1.39. The normalized spacial score (nSPS) is 19.2. The fourth-order valence-electron chi connectivity index (χ4n) is 2.82. The van der Waals surface area contributed by atoms with Crippen molar-refractivity contribution in [3.63, 3.8) is 0 Å². The van der Waals surface area contributed by atoms with Crippen molar-refractivity contribution in [2.45, 2.75) is 45.2 Å². The van der Waals surface area contributed by atoms with E-state index in [1.165, 1.54) is 25.3 Å². The average molecular weight is 277 g/mol. The summed E-state index contributed by atoms with van der Waals surface area (Å²) in [7, 11) is 0. The molecule has 2 rings (SSSR count). The van der Waals surface area contributed by atoms with E-state index in [-0.39, 0.29) is 12.6 Å². The SMILES string of the molecule is CC(=O)Oc1ccc(CN2CCCC2CCCO)cc1. The van der Waals surface area contributed by atoms with Crippen molar-refractivity contribution in [1.82, 2.24) is 4.90 Å². The minimum atomic E-state index is -0.290. The first kappa shape index (κ1) is 15.0. The fraction of sp³-hybridized carbons (Fsp3) is 0.562. The summed E-state index contributed by atoms with van der Waals surface area (Å²) in [5.41, 5.74) is 1.23. The Labute approximate surface area is 120 Å². The largest absolute Gasteiger partial charge is 0.427 e. The summed E-state index contributed by atoms with van der Waals surface area (Å²) >= 11 is 0. The van der Waals surface area contributed by atoms with Gasteiger partial charge in [-0.25, -0.2) is 0 Å². The molecule has 1 aromatic carbocycles. The number of rotatable bonds is 6. The molecule has 0 aliphatic carbocycles. The van der Waals surface area contributed by atoms with Crippen LogP contribution in [0.3, 0.4) is 0 Å². The van der Waals surface area contributed by atoms with Gasteiger partial charge < -0.3 is 9.84 Å². The molecule has 1 N–H and O–H groups in total. The van der Waals surface area contributed by atoms with Crippen LogP contribution in [0.5, 0.6) is 5.75 Å². The number of esters is 1. The van der Waals surface area contributed by atoms with E-state index in [0.717, 1.165) is 25.9 Å². The Morgan fingerprint density at radius 2 is 2.15 bits per heavy atom. The molecule has 0 aromatic heterocycles. The number of ether oxygens (including phenoxy) is 1. The maximum atomic E-state index is 10.9. The minimum absolute atomic E-state index is 0.279. The predicted octanol–water partition coefficient (Wildman–Crippen LogP) is 2.35. The molecule has 1 aliphatic heterocycles. The monoisotopic (exact) mass is 277 g/mol. The van der Waals surface area contributed by atoms with E-state index >= 15 is 0 Å². The van der Waals surface area contributed by atoms with Gasteiger partial charge in [-0.15, -0.1) is 0 Å². The second kappa shape index (κ2) is 7.41. The number of nitrogens with zero attached hydrogens (tertiary/aromatic N) is 1. The predicted molar refractivity (Wildman–Crippen MR) is 77.5 cm³/mol. The lowest BCUT2D eigenvalue weighted by Gasteiger charge is -2.24. The van der Waals surface area contributed by atoms with Crippen LogP contribution in [-0.2, 0) is 11.3 Å². The smallest absolute Gasteiger partial charge is 0.308 e. The summed E-state index contributed by atoms with van der Waals surface area (Å²) in [6.07, 6.45) is 4.42. The van der Waals surface area contributed by atoms with Crippen molar-refractivity contribution in [3.05, 3.63) is 29.8 Å². The van der Waals surface area contributed by atoms with Gasteiger partial charge in [0, 0.05) is 26.1 Å². The number of hydrogen-bond acceptors (Lipinski definition) is 4. The molecule has 1 fully saturated rings. The van der Waals surface area contributed by atoms with E-state index in [0.29, 0.717) is 11.8 Å². The van der Waals surface area contributed by atoms with E-state index in [4.69, 9.17) is 9.84 Å². The van der Waals surface area contributed by atoms with Crippen molar-refractivity contribution in [3.8, 4) is 5.75 Å². The second-order valence-electron chi connectivity index (χ2n) is 5.37. The number of carbonyl (C=O) groups is 1. The van der Waals surface area contributed by atoms with E-state index in [1.54, 1.807) is 0 Å². The Morgan fingerprint density at radius 1 is 1.40 bits per heavy atom. The quantitative estimate of drug-likeness (QED) is 0.640. The molecule has 1 aromatic rings. The van der Waals surface area contributed by atoms with Crippen LogP contribution < -0.4 is 4.74 Å². The summed E-state index contributed by atoms with van der Waals surface area (Å²) in [6.45, 7) is 3.74. The maximum absolute atomic E-state index is 10.9. The maximum Gasteiger partial charge on any atom is 0.308 e. The molecule has 4 heteroatoms. The summed E-state index contributed by atoms with van der Waals surface area (Å²) in [5.74, 6) is 0.306. The van der Waals surface area contributed by atoms with Crippen LogP contribution in [0.1, 0.15) is 38.2 Å². The summed E-state index contributed by atoms with van der Waals surface area (Å²) in [4.78, 5) is 13.4. The lowest BCUT2D eigenvalue weighted by atomic mass is 10.1. The van der Waals surface area contributed by atoms with Crippen LogP contribution in [0.25, 0.3) is 0 Å². The van der Waals surface area contributed by atoms with Crippen LogP contribution in [0, 0.1) is 0 Å². The Morgan fingerprint density at radius 3 is 2.80 bits per heavy atom. The van der Waals surface area contributed by atoms with Gasteiger partial charge in [-0.2, -0.15) is 0 Å². The third-order valence-electron chi connectivity index (χ3n) is 3.77. The molecule has 110 valence electrons. The first-order valence-electron chi connectivity index (χ1n) is 7.31. The highest BCUT2D eigenvalue weighted by Gasteiger charge is 2.23. The first-order valence-corrected chi connectivity index (χ1v) is 7.31. The highest BCUT2D eigenvalue weighted by atomic mass is 16.5. The molecule has 1 heterocycles. The Balaban J connectivity index is 1.90. The highest BCUT2D eigenvalue weighted by molar-refractivity contribution is 5.69. The third kappa shape index (κ3) is 4.32. The van der Waals surface area contributed by atoms with Gasteiger partial charge in [0.2, 0.25) is 0 Å². The van der Waals surface area contributed by atoms with Gasteiger partial charge in [0.25, 0.3) is 0 Å². The number of hydrogen-bond donors (Lipinski definition) is 1. The number of carbonyl (C=O) groups excluding carboxylic acids is 1. The molecule has 0 amide bonds. The first-order chi connectivity index (χ1) is 9.69. The standard InChI is InChI=1S/C16H23NO3/c1-13(19)20-16-8-6-14(7-9-16)12-17-10-2-4-15(17)5-3-11-18/h6-9,15,18H,2-5,10-12H2,1H3. The molecule has 0 bridgehead atoms. The molecule has 4 nitrogen and oxygen atoms in total. The van der Waals surface area contributed by atoms with Gasteiger partial charge in [0.15, 0.2) is 0 Å². The summed E-state index contributed by atoms with van der Waals surface area (Å²) in [6, 6.07) is 8.31. The van der Waals surface area contributed by atoms with Gasteiger partial charge in [0.05, 0.1) is 0 Å². The van der Waals surface area contributed by atoms with E-state index in [2.05, 4.69) is 4.90 Å². The van der Waals surface area contributed by atoms with Crippen molar-refractivity contribution in [2.24, 2.45) is 0 Å². The van der Waals surface area contributed by atoms with E-state index in [1.807, 2.05) is 24.3 Å². The van der Waals surface area contributed by atoms with Gasteiger partial charge in [0.1, 0.15) is 5.75 Å². The van der Waals surface area contributed by atoms with Crippen LogP contribution in [0.15, 0.2) is 24.3 Å². The molecule has 0 saturated carbocycles. The zero-order chi connectivity index (χ0) is 14.4. The number of aliphatic hydroxyl groups excluding tert-OH is 1. The minimum Gasteiger partial charge on any atom is -0.427 e.